The highest BCUT2D eigenvalue weighted by atomic mass is 15.3. The van der Waals surface area contributed by atoms with E-state index in [0.717, 1.165) is 25.7 Å². The van der Waals surface area contributed by atoms with Crippen LogP contribution in [0, 0.1) is 5.92 Å². The van der Waals surface area contributed by atoms with E-state index in [9.17, 15) is 0 Å². The monoisotopic (exact) mass is 223 g/mol. The highest BCUT2D eigenvalue weighted by molar-refractivity contribution is 5.10. The summed E-state index contributed by atoms with van der Waals surface area (Å²) in [5.74, 6) is 0.688. The van der Waals surface area contributed by atoms with E-state index in [1.165, 1.54) is 11.4 Å². The second-order valence-electron chi connectivity index (χ2n) is 5.03. The van der Waals surface area contributed by atoms with Gasteiger partial charge in [-0.25, -0.2) is 0 Å². The molecule has 0 bridgehead atoms. The molecule has 0 spiro atoms. The van der Waals surface area contributed by atoms with E-state index in [-0.39, 0.29) is 0 Å². The molecule has 0 fully saturated rings. The van der Waals surface area contributed by atoms with Gasteiger partial charge in [-0.05, 0) is 37.7 Å². The average molecular weight is 223 g/mol. The quantitative estimate of drug-likeness (QED) is 0.804. The Morgan fingerprint density at radius 1 is 1.44 bits per heavy atom. The molecule has 3 heteroatoms. The Morgan fingerprint density at radius 2 is 2.12 bits per heavy atom. The molecule has 0 radical (unpaired) electrons. The van der Waals surface area contributed by atoms with E-state index in [1.54, 1.807) is 0 Å². The van der Waals surface area contributed by atoms with Crippen LogP contribution in [0.15, 0.2) is 6.07 Å². The summed E-state index contributed by atoms with van der Waals surface area (Å²) in [5.41, 5.74) is 8.56. The van der Waals surface area contributed by atoms with Gasteiger partial charge in [0.2, 0.25) is 0 Å². The van der Waals surface area contributed by atoms with Gasteiger partial charge in [-0.3, -0.25) is 4.68 Å². The highest BCUT2D eigenvalue weighted by Crippen LogP contribution is 2.11. The van der Waals surface area contributed by atoms with Crippen molar-refractivity contribution in [1.82, 2.24) is 9.78 Å². The maximum Gasteiger partial charge on any atom is 0.0624 e. The Balaban J connectivity index is 2.44. The van der Waals surface area contributed by atoms with Crippen molar-refractivity contribution < 1.29 is 0 Å². The van der Waals surface area contributed by atoms with E-state index < -0.39 is 0 Å². The number of hydrogen-bond donors (Lipinski definition) is 1. The van der Waals surface area contributed by atoms with Crippen molar-refractivity contribution in [3.05, 3.63) is 17.5 Å². The first-order valence-electron chi connectivity index (χ1n) is 6.30. The van der Waals surface area contributed by atoms with E-state index in [4.69, 9.17) is 5.73 Å². The SMILES string of the molecule is CCc1cc(CCC(N)CC(C)C)n(C)n1. The second kappa shape index (κ2) is 6.04. The molecule has 0 saturated heterocycles. The van der Waals surface area contributed by atoms with Gasteiger partial charge in [0.25, 0.3) is 0 Å². The molecular formula is C13H25N3. The first-order valence-corrected chi connectivity index (χ1v) is 6.30. The molecule has 0 aliphatic carbocycles. The summed E-state index contributed by atoms with van der Waals surface area (Å²) in [7, 11) is 2.02. The molecule has 2 N–H and O–H groups in total. The molecular weight excluding hydrogens is 198 g/mol. The summed E-state index contributed by atoms with van der Waals surface area (Å²) >= 11 is 0. The standard InChI is InChI=1S/C13H25N3/c1-5-12-9-13(16(4)15-12)7-6-11(14)8-10(2)3/h9-11H,5-8,14H2,1-4H3. The Labute approximate surface area is 99.0 Å². The van der Waals surface area contributed by atoms with Crippen molar-refractivity contribution in [3.8, 4) is 0 Å². The Hall–Kier alpha value is -0.830. The van der Waals surface area contributed by atoms with Gasteiger partial charge in [0, 0.05) is 18.8 Å². The predicted octanol–water partition coefficient (Wildman–Crippen LogP) is 2.29. The van der Waals surface area contributed by atoms with Crippen LogP contribution < -0.4 is 5.73 Å². The maximum atomic E-state index is 6.08. The molecule has 1 atom stereocenters. The zero-order valence-electron chi connectivity index (χ0n) is 11.0. The van der Waals surface area contributed by atoms with Crippen molar-refractivity contribution in [1.29, 1.82) is 0 Å². The second-order valence-corrected chi connectivity index (χ2v) is 5.03. The third kappa shape index (κ3) is 3.97. The number of aryl methyl sites for hydroxylation is 3. The molecule has 0 aromatic carbocycles. The minimum atomic E-state index is 0.319. The van der Waals surface area contributed by atoms with E-state index in [0.29, 0.717) is 12.0 Å². The van der Waals surface area contributed by atoms with E-state index >= 15 is 0 Å². The molecule has 0 saturated carbocycles. The summed E-state index contributed by atoms with van der Waals surface area (Å²) in [6.45, 7) is 6.58. The van der Waals surface area contributed by atoms with E-state index in [2.05, 4.69) is 31.9 Å². The smallest absolute Gasteiger partial charge is 0.0624 e. The molecule has 1 unspecified atom stereocenters. The summed E-state index contributed by atoms with van der Waals surface area (Å²) in [6, 6.07) is 2.52. The third-order valence-corrected chi connectivity index (χ3v) is 2.93. The van der Waals surface area contributed by atoms with Crippen LogP contribution in [0.1, 0.15) is 45.0 Å². The van der Waals surface area contributed by atoms with Crippen molar-refractivity contribution in [2.24, 2.45) is 18.7 Å². The van der Waals surface area contributed by atoms with Crippen LogP contribution >= 0.6 is 0 Å². The zero-order chi connectivity index (χ0) is 12.1. The molecule has 1 rings (SSSR count). The number of aromatic nitrogens is 2. The molecule has 92 valence electrons. The maximum absolute atomic E-state index is 6.08. The van der Waals surface area contributed by atoms with Crippen LogP contribution in [0.25, 0.3) is 0 Å². The highest BCUT2D eigenvalue weighted by Gasteiger charge is 2.08. The van der Waals surface area contributed by atoms with Crippen LogP contribution in [0.2, 0.25) is 0 Å². The fourth-order valence-corrected chi connectivity index (χ4v) is 2.03. The number of nitrogens with zero attached hydrogens (tertiary/aromatic N) is 2. The van der Waals surface area contributed by atoms with Gasteiger partial charge in [0.1, 0.15) is 0 Å². The van der Waals surface area contributed by atoms with Gasteiger partial charge in [-0.2, -0.15) is 5.10 Å². The molecule has 1 aromatic rings. The Kier molecular flexibility index (Phi) is 5.00. The lowest BCUT2D eigenvalue weighted by atomic mass is 10.00. The summed E-state index contributed by atoms with van der Waals surface area (Å²) in [4.78, 5) is 0. The number of nitrogens with two attached hydrogens (primary N) is 1. The summed E-state index contributed by atoms with van der Waals surface area (Å²) < 4.78 is 1.99. The van der Waals surface area contributed by atoms with Crippen molar-refractivity contribution in [2.45, 2.75) is 52.5 Å². The van der Waals surface area contributed by atoms with Gasteiger partial charge in [-0.1, -0.05) is 20.8 Å². The van der Waals surface area contributed by atoms with Crippen molar-refractivity contribution >= 4 is 0 Å². The topological polar surface area (TPSA) is 43.8 Å². The predicted molar refractivity (Wildman–Crippen MR) is 68.3 cm³/mol. The molecule has 16 heavy (non-hydrogen) atoms. The lowest BCUT2D eigenvalue weighted by Gasteiger charge is -2.13. The zero-order valence-corrected chi connectivity index (χ0v) is 11.0. The average Bonchev–Trinajstić information content (AvgIpc) is 2.55. The molecule has 0 aliphatic heterocycles. The largest absolute Gasteiger partial charge is 0.328 e. The van der Waals surface area contributed by atoms with Crippen LogP contribution in [0.3, 0.4) is 0 Å². The molecule has 1 heterocycles. The minimum Gasteiger partial charge on any atom is -0.328 e. The third-order valence-electron chi connectivity index (χ3n) is 2.93. The summed E-state index contributed by atoms with van der Waals surface area (Å²) in [5, 5.41) is 4.44. The normalized spacial score (nSPS) is 13.4. The molecule has 1 aromatic heterocycles. The molecule has 0 aliphatic rings. The van der Waals surface area contributed by atoms with Gasteiger partial charge >= 0.3 is 0 Å². The van der Waals surface area contributed by atoms with Crippen LogP contribution in [0.5, 0.6) is 0 Å². The molecule has 0 amide bonds. The fourth-order valence-electron chi connectivity index (χ4n) is 2.03. The number of hydrogen-bond acceptors (Lipinski definition) is 2. The Bertz CT molecular complexity index is 315. The van der Waals surface area contributed by atoms with Gasteiger partial charge in [-0.15, -0.1) is 0 Å². The van der Waals surface area contributed by atoms with Crippen molar-refractivity contribution in [2.75, 3.05) is 0 Å². The minimum absolute atomic E-state index is 0.319. The van der Waals surface area contributed by atoms with Gasteiger partial charge in [0.15, 0.2) is 0 Å². The number of rotatable bonds is 6. The van der Waals surface area contributed by atoms with Gasteiger partial charge < -0.3 is 5.73 Å². The van der Waals surface area contributed by atoms with Crippen LogP contribution in [-0.2, 0) is 19.9 Å². The van der Waals surface area contributed by atoms with Crippen LogP contribution in [-0.4, -0.2) is 15.8 Å². The van der Waals surface area contributed by atoms with Gasteiger partial charge in [0.05, 0.1) is 5.69 Å². The first kappa shape index (κ1) is 13.2. The molecule has 3 nitrogen and oxygen atoms in total. The lowest BCUT2D eigenvalue weighted by Crippen LogP contribution is -2.23. The van der Waals surface area contributed by atoms with Crippen molar-refractivity contribution in [3.63, 3.8) is 0 Å². The lowest BCUT2D eigenvalue weighted by molar-refractivity contribution is 0.468. The van der Waals surface area contributed by atoms with Crippen LogP contribution in [0.4, 0.5) is 0 Å². The Morgan fingerprint density at radius 3 is 2.62 bits per heavy atom. The summed E-state index contributed by atoms with van der Waals surface area (Å²) in [6.07, 6.45) is 4.21. The fraction of sp³-hybridized carbons (Fsp3) is 0.769. The van der Waals surface area contributed by atoms with E-state index in [1.807, 2.05) is 11.7 Å². The first-order chi connectivity index (χ1) is 7.52.